The van der Waals surface area contributed by atoms with Crippen LogP contribution in [0.5, 0.6) is 0 Å². The van der Waals surface area contributed by atoms with E-state index in [0.717, 1.165) is 11.1 Å². The minimum absolute atomic E-state index is 0.110. The second-order valence-corrected chi connectivity index (χ2v) is 6.88. The highest BCUT2D eigenvalue weighted by molar-refractivity contribution is 5.99. The Balaban J connectivity index is 1.70. The molecule has 0 saturated carbocycles. The van der Waals surface area contributed by atoms with Crippen molar-refractivity contribution in [1.29, 1.82) is 0 Å². The Kier molecular flexibility index (Phi) is 4.46. The molecule has 28 heavy (non-hydrogen) atoms. The molecule has 1 aromatic carbocycles. The first-order valence-electron chi connectivity index (χ1n) is 9.23. The lowest BCUT2D eigenvalue weighted by atomic mass is 10.0. The molecule has 3 aromatic rings. The van der Waals surface area contributed by atoms with Gasteiger partial charge < -0.3 is 10.2 Å². The second-order valence-electron chi connectivity index (χ2n) is 6.88. The molecule has 2 N–H and O–H groups in total. The molecule has 4 rings (SSSR count). The van der Waals surface area contributed by atoms with Gasteiger partial charge in [-0.25, -0.2) is 9.78 Å². The molecule has 1 unspecified atom stereocenters. The van der Waals surface area contributed by atoms with Crippen LogP contribution in [0.3, 0.4) is 0 Å². The molecule has 1 aliphatic rings. The molecule has 3 heterocycles. The van der Waals surface area contributed by atoms with Gasteiger partial charge in [-0.05, 0) is 30.2 Å². The summed E-state index contributed by atoms with van der Waals surface area (Å²) in [6.45, 7) is 2.85. The number of H-pyrrole nitrogens is 1. The number of carbonyl (C=O) groups is 2. The number of aromatic amines is 1. The molecule has 144 valence electrons. The fourth-order valence-corrected chi connectivity index (χ4v) is 3.62. The first-order chi connectivity index (χ1) is 13.5. The number of benzene rings is 1. The van der Waals surface area contributed by atoms with E-state index in [0.29, 0.717) is 36.2 Å². The Morgan fingerprint density at radius 3 is 2.86 bits per heavy atom. The van der Waals surface area contributed by atoms with Crippen LogP contribution in [-0.2, 0) is 11.8 Å². The van der Waals surface area contributed by atoms with E-state index in [1.54, 1.807) is 30.3 Å². The number of pyridine rings is 1. The average molecular weight is 379 g/mol. The van der Waals surface area contributed by atoms with Crippen molar-refractivity contribution in [1.82, 2.24) is 24.8 Å². The molecule has 1 atom stereocenters. The Labute approximate surface area is 161 Å². The van der Waals surface area contributed by atoms with Crippen molar-refractivity contribution < 1.29 is 9.59 Å². The zero-order valence-electron chi connectivity index (χ0n) is 15.7. The molecule has 0 spiro atoms. The number of aromatic nitrogens is 3. The molecule has 0 aliphatic carbocycles. The molecule has 1 fully saturated rings. The second kappa shape index (κ2) is 6.95. The smallest absolute Gasteiger partial charge is 0.327 e. The van der Waals surface area contributed by atoms with Crippen LogP contribution in [0.1, 0.15) is 23.7 Å². The van der Waals surface area contributed by atoms with E-state index in [-0.39, 0.29) is 17.5 Å². The molecule has 8 heteroatoms. The van der Waals surface area contributed by atoms with Crippen LogP contribution in [0.2, 0.25) is 0 Å². The summed E-state index contributed by atoms with van der Waals surface area (Å²) in [4.78, 5) is 45.5. The molecule has 0 radical (unpaired) electrons. The third-order valence-corrected chi connectivity index (χ3v) is 5.18. The summed E-state index contributed by atoms with van der Waals surface area (Å²) in [7, 11) is 1.68. The summed E-state index contributed by atoms with van der Waals surface area (Å²) in [5, 5.41) is 2.81. The molecular weight excluding hydrogens is 358 g/mol. The van der Waals surface area contributed by atoms with Gasteiger partial charge in [-0.3, -0.25) is 19.1 Å². The lowest BCUT2D eigenvalue weighted by Gasteiger charge is -2.34. The van der Waals surface area contributed by atoms with Crippen LogP contribution in [0.25, 0.3) is 22.3 Å². The number of piperazine rings is 1. The van der Waals surface area contributed by atoms with Crippen LogP contribution in [0.4, 0.5) is 0 Å². The van der Waals surface area contributed by atoms with E-state index in [1.807, 2.05) is 25.1 Å². The first kappa shape index (κ1) is 18.0. The van der Waals surface area contributed by atoms with Crippen molar-refractivity contribution in [3.8, 4) is 11.1 Å². The summed E-state index contributed by atoms with van der Waals surface area (Å²) in [6.07, 6.45) is 2.24. The maximum Gasteiger partial charge on any atom is 0.327 e. The van der Waals surface area contributed by atoms with Gasteiger partial charge in [0.15, 0.2) is 5.65 Å². The highest BCUT2D eigenvalue weighted by atomic mass is 16.2. The number of nitrogens with zero attached hydrogens (tertiary/aromatic N) is 3. The van der Waals surface area contributed by atoms with Gasteiger partial charge in [0.25, 0.3) is 5.91 Å². The van der Waals surface area contributed by atoms with E-state index >= 15 is 0 Å². The lowest BCUT2D eigenvalue weighted by Crippen LogP contribution is -2.56. The van der Waals surface area contributed by atoms with E-state index in [1.165, 1.54) is 4.57 Å². The summed E-state index contributed by atoms with van der Waals surface area (Å²) < 4.78 is 1.50. The minimum atomic E-state index is -0.447. The van der Waals surface area contributed by atoms with Crippen molar-refractivity contribution in [2.24, 2.45) is 7.05 Å². The van der Waals surface area contributed by atoms with Crippen LogP contribution in [0, 0.1) is 0 Å². The number of amides is 2. The third kappa shape index (κ3) is 2.96. The van der Waals surface area contributed by atoms with Gasteiger partial charge in [-0.2, -0.15) is 0 Å². The molecule has 2 aromatic heterocycles. The van der Waals surface area contributed by atoms with Crippen LogP contribution >= 0.6 is 0 Å². The number of hydrogen-bond donors (Lipinski definition) is 2. The summed E-state index contributed by atoms with van der Waals surface area (Å²) in [5.74, 6) is -0.270. The van der Waals surface area contributed by atoms with E-state index in [2.05, 4.69) is 15.3 Å². The monoisotopic (exact) mass is 379 g/mol. The Morgan fingerprint density at radius 1 is 1.25 bits per heavy atom. The Morgan fingerprint density at radius 2 is 2.07 bits per heavy atom. The number of fused-ring (bicyclic) bond motifs is 1. The first-order valence-corrected chi connectivity index (χ1v) is 9.23. The molecular formula is C20H21N5O3. The highest BCUT2D eigenvalue weighted by Crippen LogP contribution is 2.24. The number of aryl methyl sites for hydroxylation is 1. The minimum Gasteiger partial charge on any atom is -0.353 e. The van der Waals surface area contributed by atoms with Gasteiger partial charge in [0.2, 0.25) is 5.91 Å². The summed E-state index contributed by atoms with van der Waals surface area (Å²) in [6, 6.07) is 8.68. The third-order valence-electron chi connectivity index (χ3n) is 5.18. The quantitative estimate of drug-likeness (QED) is 0.716. The predicted octanol–water partition coefficient (Wildman–Crippen LogP) is 1.28. The van der Waals surface area contributed by atoms with Crippen molar-refractivity contribution >= 4 is 23.0 Å². The van der Waals surface area contributed by atoms with Gasteiger partial charge >= 0.3 is 5.69 Å². The van der Waals surface area contributed by atoms with E-state index in [4.69, 9.17) is 0 Å². The normalized spacial score (nSPS) is 17.0. The topological polar surface area (TPSA) is 100 Å². The largest absolute Gasteiger partial charge is 0.353 e. The van der Waals surface area contributed by atoms with Crippen LogP contribution in [-0.4, -0.2) is 50.4 Å². The maximum absolute atomic E-state index is 13.0. The number of imidazole rings is 1. The van der Waals surface area contributed by atoms with Gasteiger partial charge in [0.05, 0.1) is 5.52 Å². The molecule has 2 amide bonds. The number of carbonyl (C=O) groups excluding carboxylic acids is 2. The predicted molar refractivity (Wildman–Crippen MR) is 105 cm³/mol. The number of nitrogens with one attached hydrogen (secondary N) is 2. The van der Waals surface area contributed by atoms with Crippen molar-refractivity contribution in [3.63, 3.8) is 0 Å². The molecule has 8 nitrogen and oxygen atoms in total. The van der Waals surface area contributed by atoms with Gasteiger partial charge in [-0.1, -0.05) is 19.1 Å². The fourth-order valence-electron chi connectivity index (χ4n) is 3.62. The van der Waals surface area contributed by atoms with Crippen molar-refractivity contribution in [2.75, 3.05) is 13.1 Å². The summed E-state index contributed by atoms with van der Waals surface area (Å²) in [5.41, 5.74) is 3.14. The van der Waals surface area contributed by atoms with E-state index < -0.39 is 6.04 Å². The molecule has 1 saturated heterocycles. The Hall–Kier alpha value is -3.42. The van der Waals surface area contributed by atoms with E-state index in [9.17, 15) is 14.4 Å². The zero-order valence-corrected chi connectivity index (χ0v) is 15.7. The molecule has 0 bridgehead atoms. The zero-order chi connectivity index (χ0) is 19.8. The SMILES string of the molecule is CCC1C(=O)NCCN1C(=O)c1cccc(-c2cnc3[nH]c(=O)n(C)c3c2)c1. The summed E-state index contributed by atoms with van der Waals surface area (Å²) >= 11 is 0. The lowest BCUT2D eigenvalue weighted by molar-refractivity contribution is -0.127. The number of hydrogen-bond acceptors (Lipinski definition) is 4. The van der Waals surface area contributed by atoms with Crippen molar-refractivity contribution in [3.05, 3.63) is 52.6 Å². The standard InChI is InChI=1S/C20H21N5O3/c1-3-15-18(26)21-7-8-25(15)19(27)13-6-4-5-12(9-13)14-10-16-17(22-11-14)23-20(28)24(16)2/h4-6,9-11,15H,3,7-8H2,1-2H3,(H,21,26)(H,22,23,28). The molecule has 1 aliphatic heterocycles. The Bertz CT molecular complexity index is 1130. The number of rotatable bonds is 3. The fraction of sp³-hybridized carbons (Fsp3) is 0.300. The van der Waals surface area contributed by atoms with Crippen LogP contribution < -0.4 is 11.0 Å². The van der Waals surface area contributed by atoms with Gasteiger partial charge in [-0.15, -0.1) is 0 Å². The van der Waals surface area contributed by atoms with Gasteiger partial charge in [0, 0.05) is 37.5 Å². The highest BCUT2D eigenvalue weighted by Gasteiger charge is 2.32. The maximum atomic E-state index is 13.0. The van der Waals surface area contributed by atoms with Crippen LogP contribution in [0.15, 0.2) is 41.3 Å². The van der Waals surface area contributed by atoms with Crippen molar-refractivity contribution in [2.45, 2.75) is 19.4 Å². The van der Waals surface area contributed by atoms with Gasteiger partial charge in [0.1, 0.15) is 6.04 Å². The average Bonchev–Trinajstić information content (AvgIpc) is 3.00.